The van der Waals surface area contributed by atoms with Gasteiger partial charge in [-0.1, -0.05) is 0 Å². The van der Waals surface area contributed by atoms with Gasteiger partial charge in [0.05, 0.1) is 0 Å². The van der Waals surface area contributed by atoms with Crippen LogP contribution in [0.25, 0.3) is 0 Å². The van der Waals surface area contributed by atoms with Crippen molar-refractivity contribution in [2.24, 2.45) is 0 Å². The first-order valence-electron chi connectivity index (χ1n) is 1.07. The van der Waals surface area contributed by atoms with Crippen LogP contribution in [-0.2, 0) is 9.68 Å². The van der Waals surface area contributed by atoms with Gasteiger partial charge in [-0.05, 0) is 0 Å². The molecule has 0 aromatic heterocycles. The largest absolute Gasteiger partial charge is 1.00 e. The van der Waals surface area contributed by atoms with Gasteiger partial charge in [0.25, 0.3) is 5.97 Å². The van der Waals surface area contributed by atoms with E-state index in [9.17, 15) is 4.79 Å². The third kappa shape index (κ3) is 9.08. The summed E-state index contributed by atoms with van der Waals surface area (Å²) in [5.41, 5.74) is 0. The number of hydrogen-bond acceptors (Lipinski definition) is 3. The van der Waals surface area contributed by atoms with Gasteiger partial charge in [-0.15, -0.1) is 0 Å². The van der Waals surface area contributed by atoms with Crippen LogP contribution in [0.1, 0.15) is 6.92 Å². The molecule has 0 bridgehead atoms. The second-order valence-electron chi connectivity index (χ2n) is 0.575. The van der Waals surface area contributed by atoms with Gasteiger partial charge in [0, 0.05) is 6.92 Å². The molecule has 0 N–H and O–H groups in total. The van der Waals surface area contributed by atoms with E-state index in [2.05, 4.69) is 4.89 Å². The predicted octanol–water partition coefficient (Wildman–Crippen LogP) is -4.17. The van der Waals surface area contributed by atoms with E-state index in [0.29, 0.717) is 0 Å². The summed E-state index contributed by atoms with van der Waals surface area (Å²) in [5, 5.41) is 8.78. The van der Waals surface area contributed by atoms with Gasteiger partial charge in [-0.25, -0.2) is 0 Å². The average Bonchev–Trinajstić information content (AvgIpc) is 1.38. The molecule has 0 radical (unpaired) electrons. The monoisotopic (exact) mass is 208 g/mol. The average molecular weight is 208 g/mol. The van der Waals surface area contributed by atoms with Crippen LogP contribution in [0.3, 0.4) is 0 Å². The Morgan fingerprint density at radius 2 is 2.00 bits per heavy atom. The molecule has 0 amide bonds. The minimum atomic E-state index is -0.801. The van der Waals surface area contributed by atoms with E-state index >= 15 is 0 Å². The molecule has 0 aromatic carbocycles. The van der Waals surface area contributed by atoms with Gasteiger partial charge >= 0.3 is 68.9 Å². The standard InChI is InChI=1S/C2H4O3.Cs/c1-2(3)5-4;/h4H,1H3;/q;+1/p-1. The summed E-state index contributed by atoms with van der Waals surface area (Å²) in [5.74, 6) is -0.801. The van der Waals surface area contributed by atoms with Crippen LogP contribution in [0.15, 0.2) is 0 Å². The summed E-state index contributed by atoms with van der Waals surface area (Å²) in [6.07, 6.45) is 0. The molecule has 0 aromatic rings. The van der Waals surface area contributed by atoms with Crippen molar-refractivity contribution in [3.05, 3.63) is 0 Å². The van der Waals surface area contributed by atoms with Crippen molar-refractivity contribution in [3.63, 3.8) is 0 Å². The quantitative estimate of drug-likeness (QED) is 0.300. The zero-order chi connectivity index (χ0) is 4.28. The molecule has 0 unspecified atom stereocenters. The number of carbonyl (C=O) groups excluding carboxylic acids is 1. The fraction of sp³-hybridized carbons (Fsp3) is 0.500. The maximum Gasteiger partial charge on any atom is 1.00 e. The van der Waals surface area contributed by atoms with Crippen LogP contribution in [0.2, 0.25) is 0 Å². The van der Waals surface area contributed by atoms with Gasteiger partial charge in [0.1, 0.15) is 0 Å². The van der Waals surface area contributed by atoms with E-state index in [-0.39, 0.29) is 68.9 Å². The fourth-order valence-corrected chi connectivity index (χ4v) is 0. The number of rotatable bonds is 0. The van der Waals surface area contributed by atoms with E-state index in [0.717, 1.165) is 6.92 Å². The van der Waals surface area contributed by atoms with Gasteiger partial charge in [-0.3, -0.25) is 4.79 Å². The third-order valence-electron chi connectivity index (χ3n) is 0.117. The molecular weight excluding hydrogens is 205 g/mol. The second-order valence-corrected chi connectivity index (χ2v) is 0.575. The molecule has 0 atom stereocenters. The molecule has 0 rings (SSSR count). The van der Waals surface area contributed by atoms with Crippen LogP contribution in [0, 0.1) is 0 Å². The van der Waals surface area contributed by atoms with Gasteiger partial charge < -0.3 is 10.1 Å². The molecule has 0 heterocycles. The van der Waals surface area contributed by atoms with Crippen LogP contribution < -0.4 is 74.2 Å². The van der Waals surface area contributed by atoms with Crippen LogP contribution in [0.5, 0.6) is 0 Å². The van der Waals surface area contributed by atoms with Crippen molar-refractivity contribution in [3.8, 4) is 0 Å². The van der Waals surface area contributed by atoms with E-state index in [1.165, 1.54) is 0 Å². The van der Waals surface area contributed by atoms with Crippen molar-refractivity contribution in [1.29, 1.82) is 0 Å². The molecule has 6 heavy (non-hydrogen) atoms. The minimum Gasteiger partial charge on any atom is -0.662 e. The SMILES string of the molecule is CC(=O)O[O-].[Cs+]. The van der Waals surface area contributed by atoms with Gasteiger partial charge in [0.15, 0.2) is 0 Å². The third-order valence-corrected chi connectivity index (χ3v) is 0.117. The molecule has 0 spiro atoms. The Bertz CT molecular complexity index is 44.1. The van der Waals surface area contributed by atoms with Crippen LogP contribution in [-0.4, -0.2) is 5.97 Å². The zero-order valence-electron chi connectivity index (χ0n) is 3.72. The summed E-state index contributed by atoms with van der Waals surface area (Å²) in [7, 11) is 0. The molecule has 30 valence electrons. The topological polar surface area (TPSA) is 49.4 Å². The second kappa shape index (κ2) is 6.48. The zero-order valence-corrected chi connectivity index (χ0v) is 10.0. The minimum absolute atomic E-state index is 0. The molecular formula is C2H3CsO3. The van der Waals surface area contributed by atoms with Crippen molar-refractivity contribution >= 4 is 5.97 Å². The Morgan fingerprint density at radius 1 is 1.83 bits per heavy atom. The van der Waals surface area contributed by atoms with Crippen molar-refractivity contribution in [2.45, 2.75) is 6.92 Å². The maximum atomic E-state index is 9.28. The Balaban J connectivity index is 0. The Hall–Kier alpha value is 1.48. The predicted molar refractivity (Wildman–Crippen MR) is 11.8 cm³/mol. The summed E-state index contributed by atoms with van der Waals surface area (Å²) < 4.78 is 0. The van der Waals surface area contributed by atoms with E-state index in [4.69, 9.17) is 5.26 Å². The van der Waals surface area contributed by atoms with Crippen LogP contribution in [0.4, 0.5) is 0 Å². The fourth-order valence-electron chi connectivity index (χ4n) is 0. The van der Waals surface area contributed by atoms with Gasteiger partial charge in [0.2, 0.25) is 0 Å². The Morgan fingerprint density at radius 3 is 2.00 bits per heavy atom. The molecule has 0 aliphatic heterocycles. The molecule has 0 fully saturated rings. The summed E-state index contributed by atoms with van der Waals surface area (Å²) >= 11 is 0. The summed E-state index contributed by atoms with van der Waals surface area (Å²) in [6, 6.07) is 0. The van der Waals surface area contributed by atoms with Crippen molar-refractivity contribution in [1.82, 2.24) is 0 Å². The normalized spacial score (nSPS) is 5.67. The molecule has 4 heteroatoms. The first-order valence-corrected chi connectivity index (χ1v) is 1.07. The summed E-state index contributed by atoms with van der Waals surface area (Å²) in [6.45, 7) is 1.05. The van der Waals surface area contributed by atoms with Crippen LogP contribution >= 0.6 is 0 Å². The Kier molecular flexibility index (Phi) is 11.3. The molecule has 0 aliphatic rings. The van der Waals surface area contributed by atoms with E-state index in [1.807, 2.05) is 0 Å². The number of carbonyl (C=O) groups is 1. The Labute approximate surface area is 94.4 Å². The smallest absolute Gasteiger partial charge is 0.662 e. The number of hydrogen-bond donors (Lipinski definition) is 0. The maximum absolute atomic E-state index is 9.28. The van der Waals surface area contributed by atoms with Crippen molar-refractivity contribution < 1.29 is 83.8 Å². The molecule has 0 saturated heterocycles. The first kappa shape index (κ1) is 10.5. The molecule has 3 nitrogen and oxygen atoms in total. The van der Waals surface area contributed by atoms with Gasteiger partial charge in [-0.2, -0.15) is 0 Å². The first-order chi connectivity index (χ1) is 2.27. The van der Waals surface area contributed by atoms with E-state index in [1.54, 1.807) is 0 Å². The molecule has 0 saturated carbocycles. The van der Waals surface area contributed by atoms with Crippen molar-refractivity contribution in [2.75, 3.05) is 0 Å². The molecule has 0 aliphatic carbocycles. The van der Waals surface area contributed by atoms with E-state index < -0.39 is 5.97 Å². The summed E-state index contributed by atoms with van der Waals surface area (Å²) in [4.78, 5) is 12.1.